The van der Waals surface area contributed by atoms with E-state index in [-0.39, 0.29) is 5.75 Å². The van der Waals surface area contributed by atoms with E-state index in [0.29, 0.717) is 5.02 Å². The number of hydrogen-bond donors (Lipinski definition) is 1. The van der Waals surface area contributed by atoms with Crippen LogP contribution in [0.25, 0.3) is 10.1 Å². The van der Waals surface area contributed by atoms with E-state index in [1.54, 1.807) is 17.4 Å². The third-order valence-electron chi connectivity index (χ3n) is 1.58. The topological polar surface area (TPSA) is 20.2 Å². The third-order valence-corrected chi connectivity index (χ3v) is 4.00. The second-order valence-electron chi connectivity index (χ2n) is 2.37. The second kappa shape index (κ2) is 3.05. The molecule has 0 unspecified atom stereocenters. The zero-order valence-corrected chi connectivity index (χ0v) is 9.57. The molecule has 12 heavy (non-hydrogen) atoms. The minimum absolute atomic E-state index is 0.155. The number of thiophene rings is 1. The van der Waals surface area contributed by atoms with Crippen molar-refractivity contribution >= 4 is 55.6 Å². The molecule has 0 aliphatic rings. The SMILES string of the molecule is Oc1ccc2cc(I)sc2c1Cl. The summed E-state index contributed by atoms with van der Waals surface area (Å²) in [5.41, 5.74) is 0. The maximum atomic E-state index is 9.30. The van der Waals surface area contributed by atoms with E-state index in [0.717, 1.165) is 10.1 Å². The Labute approximate surface area is 92.1 Å². The molecular formula is C8H4ClIOS. The van der Waals surface area contributed by atoms with Gasteiger partial charge in [-0.3, -0.25) is 0 Å². The summed E-state index contributed by atoms with van der Waals surface area (Å²) in [6, 6.07) is 5.54. The van der Waals surface area contributed by atoms with Gasteiger partial charge in [0.05, 0.1) is 7.58 Å². The van der Waals surface area contributed by atoms with Gasteiger partial charge in [-0.05, 0) is 46.2 Å². The first-order valence-corrected chi connectivity index (χ1v) is 5.52. The number of hydrogen-bond acceptors (Lipinski definition) is 2. The van der Waals surface area contributed by atoms with Crippen LogP contribution in [0, 0.1) is 2.88 Å². The summed E-state index contributed by atoms with van der Waals surface area (Å²) in [5.74, 6) is 0.155. The molecular weight excluding hydrogens is 307 g/mol. The summed E-state index contributed by atoms with van der Waals surface area (Å²) in [7, 11) is 0. The molecule has 4 heteroatoms. The fourth-order valence-corrected chi connectivity index (χ4v) is 3.13. The molecule has 1 aromatic heterocycles. The lowest BCUT2D eigenvalue weighted by molar-refractivity contribution is 0.476. The Hall–Kier alpha value is -0.000000000000000167. The molecule has 62 valence electrons. The van der Waals surface area contributed by atoms with E-state index >= 15 is 0 Å². The Kier molecular flexibility index (Phi) is 2.18. The maximum Gasteiger partial charge on any atom is 0.135 e. The molecule has 0 amide bonds. The number of halogens is 2. The highest BCUT2D eigenvalue weighted by Gasteiger charge is 2.06. The van der Waals surface area contributed by atoms with Gasteiger partial charge in [0.1, 0.15) is 10.8 Å². The predicted octanol–water partition coefficient (Wildman–Crippen LogP) is 3.86. The highest BCUT2D eigenvalue weighted by molar-refractivity contribution is 14.1. The normalized spacial score (nSPS) is 10.8. The van der Waals surface area contributed by atoms with Gasteiger partial charge in [0.2, 0.25) is 0 Å². The Morgan fingerprint density at radius 2 is 2.17 bits per heavy atom. The van der Waals surface area contributed by atoms with Crippen LogP contribution in [0.5, 0.6) is 5.75 Å². The number of phenolic OH excluding ortho intramolecular Hbond substituents is 1. The lowest BCUT2D eigenvalue weighted by Gasteiger charge is -1.95. The first-order valence-electron chi connectivity index (χ1n) is 3.25. The van der Waals surface area contributed by atoms with Gasteiger partial charge in [0, 0.05) is 0 Å². The molecule has 0 saturated carbocycles. The van der Waals surface area contributed by atoms with Gasteiger partial charge < -0.3 is 5.11 Å². The fourth-order valence-electron chi connectivity index (χ4n) is 1.03. The van der Waals surface area contributed by atoms with Crippen molar-refractivity contribution in [2.45, 2.75) is 0 Å². The zero-order valence-electron chi connectivity index (χ0n) is 5.84. The molecule has 0 atom stereocenters. The van der Waals surface area contributed by atoms with Crippen LogP contribution < -0.4 is 0 Å². The summed E-state index contributed by atoms with van der Waals surface area (Å²) in [5, 5.41) is 10.8. The van der Waals surface area contributed by atoms with Crippen molar-refractivity contribution in [2.24, 2.45) is 0 Å². The molecule has 1 nitrogen and oxygen atoms in total. The van der Waals surface area contributed by atoms with E-state index in [4.69, 9.17) is 11.6 Å². The first-order chi connectivity index (χ1) is 5.68. The van der Waals surface area contributed by atoms with Crippen molar-refractivity contribution in [1.82, 2.24) is 0 Å². The van der Waals surface area contributed by atoms with Crippen LogP contribution in [0.15, 0.2) is 18.2 Å². The second-order valence-corrected chi connectivity index (χ2v) is 5.69. The average Bonchev–Trinajstić information content (AvgIpc) is 2.39. The summed E-state index contributed by atoms with van der Waals surface area (Å²) in [6.07, 6.45) is 0. The lowest BCUT2D eigenvalue weighted by atomic mass is 10.2. The highest BCUT2D eigenvalue weighted by Crippen LogP contribution is 2.37. The number of fused-ring (bicyclic) bond motifs is 1. The Morgan fingerprint density at radius 1 is 1.42 bits per heavy atom. The summed E-state index contributed by atoms with van der Waals surface area (Å²) >= 11 is 9.72. The van der Waals surface area contributed by atoms with Gasteiger partial charge in [0.25, 0.3) is 0 Å². The van der Waals surface area contributed by atoms with Crippen LogP contribution in [0.1, 0.15) is 0 Å². The van der Waals surface area contributed by atoms with Gasteiger partial charge in [-0.25, -0.2) is 0 Å². The molecule has 1 heterocycles. The number of rotatable bonds is 0. The molecule has 1 aromatic carbocycles. The lowest BCUT2D eigenvalue weighted by Crippen LogP contribution is -1.67. The molecule has 0 aliphatic carbocycles. The molecule has 0 spiro atoms. The fraction of sp³-hybridized carbons (Fsp3) is 0. The summed E-state index contributed by atoms with van der Waals surface area (Å²) in [6.45, 7) is 0. The van der Waals surface area contributed by atoms with Crippen LogP contribution in [0.2, 0.25) is 5.02 Å². The number of benzene rings is 1. The van der Waals surface area contributed by atoms with Crippen molar-refractivity contribution < 1.29 is 5.11 Å². The van der Waals surface area contributed by atoms with E-state index in [9.17, 15) is 5.11 Å². The largest absolute Gasteiger partial charge is 0.506 e. The maximum absolute atomic E-state index is 9.30. The van der Waals surface area contributed by atoms with Crippen molar-refractivity contribution in [2.75, 3.05) is 0 Å². The molecule has 0 radical (unpaired) electrons. The molecule has 1 N–H and O–H groups in total. The highest BCUT2D eigenvalue weighted by atomic mass is 127. The summed E-state index contributed by atoms with van der Waals surface area (Å²) in [4.78, 5) is 0. The quantitative estimate of drug-likeness (QED) is 0.733. The Bertz CT molecular complexity index is 438. The van der Waals surface area contributed by atoms with Gasteiger partial charge in [-0.1, -0.05) is 11.6 Å². The number of aromatic hydroxyl groups is 1. The van der Waals surface area contributed by atoms with Crippen LogP contribution >= 0.6 is 45.5 Å². The smallest absolute Gasteiger partial charge is 0.135 e. The monoisotopic (exact) mass is 310 g/mol. The van der Waals surface area contributed by atoms with Crippen molar-refractivity contribution in [1.29, 1.82) is 0 Å². The van der Waals surface area contributed by atoms with Crippen molar-refractivity contribution in [3.05, 3.63) is 26.1 Å². The molecule has 0 saturated heterocycles. The van der Waals surface area contributed by atoms with Crippen molar-refractivity contribution in [3.63, 3.8) is 0 Å². The van der Waals surface area contributed by atoms with Gasteiger partial charge >= 0.3 is 0 Å². The number of phenols is 1. The molecule has 2 aromatic rings. The molecule has 0 aliphatic heterocycles. The standard InChI is InChI=1S/C8H4ClIOS/c9-7-5(11)2-1-4-3-6(10)12-8(4)7/h1-3,11H. The minimum atomic E-state index is 0.155. The third kappa shape index (κ3) is 1.30. The van der Waals surface area contributed by atoms with Crippen molar-refractivity contribution in [3.8, 4) is 5.75 Å². The van der Waals surface area contributed by atoms with E-state index < -0.39 is 0 Å². The Balaban J connectivity index is 2.89. The molecule has 2 rings (SSSR count). The van der Waals surface area contributed by atoms with E-state index in [2.05, 4.69) is 22.6 Å². The van der Waals surface area contributed by atoms with E-state index in [1.807, 2.05) is 12.1 Å². The Morgan fingerprint density at radius 3 is 2.92 bits per heavy atom. The van der Waals surface area contributed by atoms with Gasteiger partial charge in [-0.2, -0.15) is 0 Å². The van der Waals surface area contributed by atoms with Crippen LogP contribution in [-0.4, -0.2) is 5.11 Å². The van der Waals surface area contributed by atoms with Gasteiger partial charge in [0.15, 0.2) is 0 Å². The first kappa shape index (κ1) is 8.59. The van der Waals surface area contributed by atoms with Gasteiger partial charge in [-0.15, -0.1) is 11.3 Å². The zero-order chi connectivity index (χ0) is 8.72. The van der Waals surface area contributed by atoms with Crippen LogP contribution in [0.4, 0.5) is 0 Å². The minimum Gasteiger partial charge on any atom is -0.506 e. The van der Waals surface area contributed by atoms with Crippen LogP contribution in [-0.2, 0) is 0 Å². The molecule has 0 bridgehead atoms. The average molecular weight is 311 g/mol. The summed E-state index contributed by atoms with van der Waals surface area (Å²) < 4.78 is 2.14. The predicted molar refractivity (Wildman–Crippen MR) is 61.2 cm³/mol. The van der Waals surface area contributed by atoms with Crippen LogP contribution in [0.3, 0.4) is 0 Å². The van der Waals surface area contributed by atoms with E-state index in [1.165, 1.54) is 2.88 Å². The molecule has 0 fully saturated rings.